The van der Waals surface area contributed by atoms with Gasteiger partial charge in [-0.2, -0.15) is 5.10 Å². The van der Waals surface area contributed by atoms with Gasteiger partial charge in [0.25, 0.3) is 5.91 Å². The van der Waals surface area contributed by atoms with Crippen molar-refractivity contribution in [3.05, 3.63) is 60.0 Å². The standard InChI is InChI=1S/C18H15N5O4/c19-18(25)12-8-21-23(9-12)13-3-4-20-16(7-13)22-17(24)6-11-1-2-14-15(5-11)27-10-26-14/h1-5,7-9H,6,10H2,(H2,19,25)(H,20,22,24). The summed E-state index contributed by atoms with van der Waals surface area (Å²) in [5, 5.41) is 6.82. The predicted octanol–water partition coefficient (Wildman–Crippen LogP) is 1.28. The molecule has 0 aliphatic carbocycles. The van der Waals surface area contributed by atoms with Gasteiger partial charge in [0.2, 0.25) is 12.7 Å². The van der Waals surface area contributed by atoms with Gasteiger partial charge in [-0.1, -0.05) is 6.07 Å². The molecule has 2 amide bonds. The Balaban J connectivity index is 1.46. The van der Waals surface area contributed by atoms with Crippen molar-refractivity contribution in [2.24, 2.45) is 5.73 Å². The molecule has 0 saturated heterocycles. The van der Waals surface area contributed by atoms with Crippen LogP contribution >= 0.6 is 0 Å². The molecule has 0 bridgehead atoms. The van der Waals surface area contributed by atoms with E-state index in [9.17, 15) is 9.59 Å². The lowest BCUT2D eigenvalue weighted by molar-refractivity contribution is -0.115. The van der Waals surface area contributed by atoms with Gasteiger partial charge in [0, 0.05) is 18.5 Å². The second-order valence-electron chi connectivity index (χ2n) is 5.85. The van der Waals surface area contributed by atoms with E-state index in [2.05, 4.69) is 15.4 Å². The van der Waals surface area contributed by atoms with Crippen LogP contribution < -0.4 is 20.5 Å². The summed E-state index contributed by atoms with van der Waals surface area (Å²) in [5.41, 5.74) is 6.95. The summed E-state index contributed by atoms with van der Waals surface area (Å²) in [7, 11) is 0. The number of aromatic nitrogens is 3. The molecule has 0 spiro atoms. The summed E-state index contributed by atoms with van der Waals surface area (Å²) in [5.74, 6) is 0.881. The molecule has 0 fully saturated rings. The fourth-order valence-electron chi connectivity index (χ4n) is 2.64. The molecule has 9 nitrogen and oxygen atoms in total. The van der Waals surface area contributed by atoms with E-state index in [-0.39, 0.29) is 19.1 Å². The highest BCUT2D eigenvalue weighted by atomic mass is 16.7. The number of carbonyl (C=O) groups excluding carboxylic acids is 2. The first kappa shape index (κ1) is 16.6. The highest BCUT2D eigenvalue weighted by molar-refractivity contribution is 5.92. The zero-order valence-corrected chi connectivity index (χ0v) is 14.1. The summed E-state index contributed by atoms with van der Waals surface area (Å²) >= 11 is 0. The van der Waals surface area contributed by atoms with Crippen molar-refractivity contribution in [1.29, 1.82) is 0 Å². The van der Waals surface area contributed by atoms with Crippen molar-refractivity contribution in [2.45, 2.75) is 6.42 Å². The fraction of sp³-hybridized carbons (Fsp3) is 0.111. The lowest BCUT2D eigenvalue weighted by Gasteiger charge is -2.07. The van der Waals surface area contributed by atoms with Crippen molar-refractivity contribution in [3.63, 3.8) is 0 Å². The second-order valence-corrected chi connectivity index (χ2v) is 5.85. The fourth-order valence-corrected chi connectivity index (χ4v) is 2.64. The number of ether oxygens (including phenoxy) is 2. The number of anilines is 1. The van der Waals surface area contributed by atoms with Gasteiger partial charge >= 0.3 is 0 Å². The third-order valence-corrected chi connectivity index (χ3v) is 3.94. The smallest absolute Gasteiger partial charge is 0.251 e. The average molecular weight is 365 g/mol. The summed E-state index contributed by atoms with van der Waals surface area (Å²) in [6, 6.07) is 8.71. The van der Waals surface area contributed by atoms with E-state index in [4.69, 9.17) is 15.2 Å². The maximum Gasteiger partial charge on any atom is 0.251 e. The number of primary amides is 1. The van der Waals surface area contributed by atoms with E-state index in [0.29, 0.717) is 28.6 Å². The summed E-state index contributed by atoms with van der Waals surface area (Å²) < 4.78 is 12.1. The van der Waals surface area contributed by atoms with Crippen molar-refractivity contribution in [3.8, 4) is 17.2 Å². The Bertz CT molecular complexity index is 1030. The van der Waals surface area contributed by atoms with Crippen molar-refractivity contribution in [2.75, 3.05) is 12.1 Å². The van der Waals surface area contributed by atoms with Crippen LogP contribution in [-0.2, 0) is 11.2 Å². The largest absolute Gasteiger partial charge is 0.454 e. The zero-order valence-electron chi connectivity index (χ0n) is 14.1. The number of nitrogens with two attached hydrogens (primary N) is 1. The van der Waals surface area contributed by atoms with E-state index in [1.807, 2.05) is 6.07 Å². The highest BCUT2D eigenvalue weighted by Gasteiger charge is 2.15. The number of nitrogens with zero attached hydrogens (tertiary/aromatic N) is 3. The van der Waals surface area contributed by atoms with Gasteiger partial charge < -0.3 is 20.5 Å². The zero-order chi connectivity index (χ0) is 18.8. The molecule has 4 rings (SSSR count). The van der Waals surface area contributed by atoms with Crippen LogP contribution in [0.25, 0.3) is 5.69 Å². The molecular formula is C18H15N5O4. The molecule has 3 N–H and O–H groups in total. The number of pyridine rings is 1. The monoisotopic (exact) mass is 365 g/mol. The lowest BCUT2D eigenvalue weighted by Crippen LogP contribution is -2.15. The lowest BCUT2D eigenvalue weighted by atomic mass is 10.1. The number of rotatable bonds is 5. The van der Waals surface area contributed by atoms with Gasteiger partial charge in [0.1, 0.15) is 5.82 Å². The van der Waals surface area contributed by atoms with E-state index in [1.54, 1.807) is 24.3 Å². The summed E-state index contributed by atoms with van der Waals surface area (Å²) in [6.07, 6.45) is 4.59. The molecule has 0 radical (unpaired) electrons. The summed E-state index contributed by atoms with van der Waals surface area (Å²) in [6.45, 7) is 0.187. The van der Waals surface area contributed by atoms with E-state index in [0.717, 1.165) is 5.56 Å². The van der Waals surface area contributed by atoms with Gasteiger partial charge in [-0.3, -0.25) is 9.59 Å². The molecule has 9 heteroatoms. The Labute approximate surface area is 153 Å². The first-order chi connectivity index (χ1) is 13.1. The summed E-state index contributed by atoms with van der Waals surface area (Å²) in [4.78, 5) is 27.6. The molecule has 1 aliphatic heterocycles. The molecule has 1 aliphatic rings. The molecule has 0 unspecified atom stereocenters. The molecule has 136 valence electrons. The normalized spacial score (nSPS) is 12.0. The maximum atomic E-state index is 12.3. The van der Waals surface area contributed by atoms with Crippen LogP contribution in [-0.4, -0.2) is 33.4 Å². The van der Waals surface area contributed by atoms with Crippen LogP contribution in [0.4, 0.5) is 5.82 Å². The van der Waals surface area contributed by atoms with Crippen molar-refractivity contribution >= 4 is 17.6 Å². The van der Waals surface area contributed by atoms with Crippen LogP contribution in [0.2, 0.25) is 0 Å². The number of amides is 2. The van der Waals surface area contributed by atoms with Crippen LogP contribution in [0.3, 0.4) is 0 Å². The maximum absolute atomic E-state index is 12.3. The Hall–Kier alpha value is -3.88. The molecular weight excluding hydrogens is 350 g/mol. The molecule has 3 heterocycles. The number of hydrogen-bond donors (Lipinski definition) is 2. The Morgan fingerprint density at radius 2 is 2.04 bits per heavy atom. The third kappa shape index (κ3) is 3.56. The van der Waals surface area contributed by atoms with Crippen LogP contribution in [0.1, 0.15) is 15.9 Å². The minimum absolute atomic E-state index is 0.163. The van der Waals surface area contributed by atoms with Crippen LogP contribution in [0.15, 0.2) is 48.9 Å². The van der Waals surface area contributed by atoms with Crippen molar-refractivity contribution in [1.82, 2.24) is 14.8 Å². The number of carbonyl (C=O) groups is 2. The minimum atomic E-state index is -0.562. The number of hydrogen-bond acceptors (Lipinski definition) is 6. The van der Waals surface area contributed by atoms with E-state index >= 15 is 0 Å². The number of nitrogens with one attached hydrogen (secondary N) is 1. The SMILES string of the molecule is NC(=O)c1cnn(-c2ccnc(NC(=O)Cc3ccc4c(c3)OCO4)c2)c1. The van der Waals surface area contributed by atoms with Crippen LogP contribution in [0, 0.1) is 0 Å². The third-order valence-electron chi connectivity index (χ3n) is 3.94. The molecule has 1 aromatic carbocycles. The average Bonchev–Trinajstić information content (AvgIpc) is 3.31. The molecule has 27 heavy (non-hydrogen) atoms. The molecule has 0 saturated carbocycles. The van der Waals surface area contributed by atoms with Crippen molar-refractivity contribution < 1.29 is 19.1 Å². The molecule has 0 atom stereocenters. The first-order valence-electron chi connectivity index (χ1n) is 8.08. The number of fused-ring (bicyclic) bond motifs is 1. The topological polar surface area (TPSA) is 121 Å². The molecule has 3 aromatic rings. The van der Waals surface area contributed by atoms with Gasteiger partial charge in [-0.05, 0) is 23.8 Å². The Morgan fingerprint density at radius 1 is 1.19 bits per heavy atom. The minimum Gasteiger partial charge on any atom is -0.454 e. The van der Waals surface area contributed by atoms with E-state index in [1.165, 1.54) is 23.3 Å². The van der Waals surface area contributed by atoms with Crippen LogP contribution in [0.5, 0.6) is 11.5 Å². The van der Waals surface area contributed by atoms with Gasteiger partial charge in [-0.15, -0.1) is 0 Å². The van der Waals surface area contributed by atoms with Gasteiger partial charge in [-0.25, -0.2) is 9.67 Å². The van der Waals surface area contributed by atoms with Gasteiger partial charge in [0.15, 0.2) is 11.5 Å². The van der Waals surface area contributed by atoms with Gasteiger partial charge in [0.05, 0.1) is 23.9 Å². The van der Waals surface area contributed by atoms with E-state index < -0.39 is 5.91 Å². The predicted molar refractivity (Wildman–Crippen MR) is 94.8 cm³/mol. The second kappa shape index (κ2) is 6.79. The Kier molecular flexibility index (Phi) is 4.17. The first-order valence-corrected chi connectivity index (χ1v) is 8.08. The Morgan fingerprint density at radius 3 is 2.85 bits per heavy atom. The number of benzene rings is 1. The highest BCUT2D eigenvalue weighted by Crippen LogP contribution is 2.32. The molecule has 2 aromatic heterocycles. The quantitative estimate of drug-likeness (QED) is 0.702.